The largest absolute Gasteiger partial charge is 0.463 e. The molecule has 1 unspecified atom stereocenters. The van der Waals surface area contributed by atoms with Crippen molar-refractivity contribution in [2.45, 2.75) is 98.9 Å². The van der Waals surface area contributed by atoms with Crippen LogP contribution in [0.25, 0.3) is 0 Å². The third-order valence-corrected chi connectivity index (χ3v) is 7.97. The van der Waals surface area contributed by atoms with Crippen LogP contribution < -0.4 is 16.0 Å². The number of nitrogens with zero attached hydrogens (tertiary/aromatic N) is 1. The number of Topliss-reactive ketones (excluding diaryl/α,β-unsaturated/α-hetero) is 1. The molecule has 12 nitrogen and oxygen atoms in total. The average molecular weight is 619 g/mol. The van der Waals surface area contributed by atoms with Crippen molar-refractivity contribution in [3.8, 4) is 0 Å². The summed E-state index contributed by atoms with van der Waals surface area (Å²) >= 11 is 0. The van der Waals surface area contributed by atoms with Crippen LogP contribution in [0.4, 0.5) is 4.79 Å². The fraction of sp³-hybridized carbons (Fsp3) is 0.688. The first-order valence-electron chi connectivity index (χ1n) is 15.1. The second-order valence-electron chi connectivity index (χ2n) is 14.0. The van der Waals surface area contributed by atoms with Crippen molar-refractivity contribution in [1.29, 1.82) is 0 Å². The number of esters is 1. The van der Waals surface area contributed by atoms with E-state index in [1.54, 1.807) is 33.8 Å². The fourth-order valence-electron chi connectivity index (χ4n) is 5.61. The first-order chi connectivity index (χ1) is 20.3. The molecule has 0 bridgehead atoms. The molecule has 246 valence electrons. The van der Waals surface area contributed by atoms with E-state index in [4.69, 9.17) is 9.47 Å². The maximum absolute atomic E-state index is 14.0. The van der Waals surface area contributed by atoms with Crippen molar-refractivity contribution < 1.29 is 38.2 Å². The SMILES string of the molecule is C=CCCC(NC(=O)[C@@H]1[C@@H]2[C@H](CN1C(=O)[C@@H](NC(=O)OC(C)(C)C)C(C)(C)C)C2(C)C)C(=O)C(=O)NCC=CC(=O)OCC. The molecule has 2 fully saturated rings. The minimum Gasteiger partial charge on any atom is -0.463 e. The number of amides is 4. The van der Waals surface area contributed by atoms with Crippen LogP contribution in [0.3, 0.4) is 0 Å². The molecule has 1 saturated heterocycles. The van der Waals surface area contributed by atoms with Crippen LogP contribution in [0, 0.1) is 22.7 Å². The summed E-state index contributed by atoms with van der Waals surface area (Å²) < 4.78 is 10.2. The predicted molar refractivity (Wildman–Crippen MR) is 164 cm³/mol. The van der Waals surface area contributed by atoms with Crippen LogP contribution in [0.5, 0.6) is 0 Å². The molecule has 3 N–H and O–H groups in total. The Balaban J connectivity index is 2.25. The molecule has 0 radical (unpaired) electrons. The molecule has 0 aromatic heterocycles. The van der Waals surface area contributed by atoms with Gasteiger partial charge in [-0.2, -0.15) is 0 Å². The lowest BCUT2D eigenvalue weighted by molar-refractivity contribution is -0.145. The Hall–Kier alpha value is -3.70. The molecule has 5 atom stereocenters. The number of carbonyl (C=O) groups is 6. The van der Waals surface area contributed by atoms with E-state index in [0.29, 0.717) is 13.0 Å². The molecule has 1 aliphatic carbocycles. The first-order valence-corrected chi connectivity index (χ1v) is 15.1. The Bertz CT molecular complexity index is 1160. The van der Waals surface area contributed by atoms with Gasteiger partial charge in [-0.15, -0.1) is 6.58 Å². The molecule has 2 aliphatic rings. The number of ketones is 1. The van der Waals surface area contributed by atoms with Crippen molar-refractivity contribution in [2.24, 2.45) is 22.7 Å². The Morgan fingerprint density at radius 1 is 1.05 bits per heavy atom. The zero-order valence-corrected chi connectivity index (χ0v) is 27.6. The number of hydrogen-bond donors (Lipinski definition) is 3. The molecule has 1 heterocycles. The highest BCUT2D eigenvalue weighted by atomic mass is 16.6. The maximum Gasteiger partial charge on any atom is 0.408 e. The highest BCUT2D eigenvalue weighted by Crippen LogP contribution is 2.65. The number of alkyl carbamates (subject to hydrolysis) is 1. The van der Waals surface area contributed by atoms with Crippen molar-refractivity contribution >= 4 is 35.6 Å². The Morgan fingerprint density at radius 3 is 2.23 bits per heavy atom. The van der Waals surface area contributed by atoms with Crippen LogP contribution in [-0.4, -0.2) is 83.9 Å². The van der Waals surface area contributed by atoms with E-state index >= 15 is 0 Å². The predicted octanol–water partition coefficient (Wildman–Crippen LogP) is 2.66. The number of carbonyl (C=O) groups excluding carboxylic acids is 6. The van der Waals surface area contributed by atoms with Crippen molar-refractivity contribution in [3.05, 3.63) is 24.8 Å². The van der Waals surface area contributed by atoms with E-state index in [9.17, 15) is 28.8 Å². The average Bonchev–Trinajstić information content (AvgIpc) is 3.21. The zero-order valence-electron chi connectivity index (χ0n) is 27.6. The van der Waals surface area contributed by atoms with Gasteiger partial charge in [0.1, 0.15) is 17.7 Å². The summed E-state index contributed by atoms with van der Waals surface area (Å²) in [7, 11) is 0. The minimum atomic E-state index is -1.16. The summed E-state index contributed by atoms with van der Waals surface area (Å²) in [5.41, 5.74) is -1.69. The van der Waals surface area contributed by atoms with Crippen molar-refractivity contribution in [3.63, 3.8) is 0 Å². The Labute approximate surface area is 260 Å². The molecule has 1 saturated carbocycles. The van der Waals surface area contributed by atoms with Gasteiger partial charge < -0.3 is 30.3 Å². The van der Waals surface area contributed by atoms with Crippen LogP contribution >= 0.6 is 0 Å². The molecule has 0 aromatic carbocycles. The van der Waals surface area contributed by atoms with Crippen LogP contribution in [0.1, 0.15) is 75.2 Å². The standard InChI is InChI=1S/C32H50N4O8/c1-11-13-15-20(24(38)27(40)33-17-14-16-21(37)43-12-2)34-26(39)23-22-19(32(22,9)10)18-36(23)28(41)25(30(3,4)5)35-29(42)44-31(6,7)8/h11,14,16,19-20,22-23,25H,1,12-13,15,17-18H2,2-10H3,(H,33,40)(H,34,39)(H,35,42)/t19-,20?,22-,23-,25+/m0/s1. The summed E-state index contributed by atoms with van der Waals surface area (Å²) in [6.07, 6.45) is 3.82. The first kappa shape index (κ1) is 36.5. The molecule has 1 aliphatic heterocycles. The summed E-state index contributed by atoms with van der Waals surface area (Å²) in [4.78, 5) is 79.3. The molecule has 12 heteroatoms. The van der Waals surface area contributed by atoms with Gasteiger partial charge in [-0.05, 0) is 63.2 Å². The van der Waals surface area contributed by atoms with E-state index in [1.165, 1.54) is 11.0 Å². The van der Waals surface area contributed by atoms with Gasteiger partial charge >= 0.3 is 12.1 Å². The number of likely N-dealkylation sites (tertiary alicyclic amines) is 1. The third kappa shape index (κ3) is 9.40. The van der Waals surface area contributed by atoms with Crippen LogP contribution in [0.2, 0.25) is 0 Å². The van der Waals surface area contributed by atoms with E-state index < -0.39 is 64.7 Å². The Morgan fingerprint density at radius 2 is 1.68 bits per heavy atom. The second-order valence-corrected chi connectivity index (χ2v) is 14.0. The van der Waals surface area contributed by atoms with E-state index in [0.717, 1.165) is 6.08 Å². The lowest BCUT2D eigenvalue weighted by Crippen LogP contribution is -2.60. The number of piperidine rings is 1. The smallest absolute Gasteiger partial charge is 0.408 e. The van der Waals surface area contributed by atoms with Gasteiger partial charge in [0.15, 0.2) is 0 Å². The second kappa shape index (κ2) is 14.4. The number of nitrogens with one attached hydrogen (secondary N) is 3. The highest BCUT2D eigenvalue weighted by Gasteiger charge is 2.70. The minimum absolute atomic E-state index is 0.0566. The summed E-state index contributed by atoms with van der Waals surface area (Å²) in [5.74, 6) is -3.43. The number of ether oxygens (including phenoxy) is 2. The molecule has 2 rings (SSSR count). The number of rotatable bonds is 13. The van der Waals surface area contributed by atoms with Crippen molar-refractivity contribution in [1.82, 2.24) is 20.9 Å². The number of hydrogen-bond acceptors (Lipinski definition) is 8. The summed E-state index contributed by atoms with van der Waals surface area (Å²) in [6.45, 7) is 20.4. The number of fused-ring (bicyclic) bond motifs is 1. The topological polar surface area (TPSA) is 160 Å². The van der Waals surface area contributed by atoms with Crippen molar-refractivity contribution in [2.75, 3.05) is 19.7 Å². The van der Waals surface area contributed by atoms with Gasteiger partial charge in [-0.1, -0.05) is 46.8 Å². The van der Waals surface area contributed by atoms with E-state index in [2.05, 4.69) is 22.5 Å². The summed E-state index contributed by atoms with van der Waals surface area (Å²) in [6, 6.07) is -3.05. The van der Waals surface area contributed by atoms with E-state index in [1.807, 2.05) is 34.6 Å². The molecule has 0 aromatic rings. The van der Waals surface area contributed by atoms with Gasteiger partial charge in [-0.3, -0.25) is 19.2 Å². The molecule has 0 spiro atoms. The van der Waals surface area contributed by atoms with Crippen LogP contribution in [-0.2, 0) is 33.4 Å². The lowest BCUT2D eigenvalue weighted by Gasteiger charge is -2.38. The van der Waals surface area contributed by atoms with Gasteiger partial charge in [-0.25, -0.2) is 9.59 Å². The molecular weight excluding hydrogens is 568 g/mol. The van der Waals surface area contributed by atoms with Crippen LogP contribution in [0.15, 0.2) is 24.8 Å². The fourth-order valence-corrected chi connectivity index (χ4v) is 5.61. The number of allylic oxidation sites excluding steroid dienone is 1. The lowest BCUT2D eigenvalue weighted by atomic mass is 9.85. The molecule has 44 heavy (non-hydrogen) atoms. The summed E-state index contributed by atoms with van der Waals surface area (Å²) in [5, 5.41) is 7.86. The van der Waals surface area contributed by atoms with Gasteiger partial charge in [0.05, 0.1) is 12.6 Å². The zero-order chi connectivity index (χ0) is 33.6. The maximum atomic E-state index is 14.0. The molecular formula is C32H50N4O8. The Kier molecular flexibility index (Phi) is 11.9. The molecule has 4 amide bonds. The van der Waals surface area contributed by atoms with E-state index in [-0.39, 0.29) is 36.8 Å². The monoisotopic (exact) mass is 618 g/mol. The quantitative estimate of drug-likeness (QED) is 0.123. The highest BCUT2D eigenvalue weighted by molar-refractivity contribution is 6.38. The van der Waals surface area contributed by atoms with Gasteiger partial charge in [0.25, 0.3) is 5.91 Å². The van der Waals surface area contributed by atoms with Gasteiger partial charge in [0.2, 0.25) is 17.6 Å². The van der Waals surface area contributed by atoms with Gasteiger partial charge in [0, 0.05) is 19.2 Å². The third-order valence-electron chi connectivity index (χ3n) is 7.97. The normalized spacial score (nSPS) is 21.8.